The molecule has 112 valence electrons. The molecule has 1 fully saturated rings. The lowest BCUT2D eigenvalue weighted by molar-refractivity contribution is 0.0808. The van der Waals surface area contributed by atoms with Crippen LogP contribution in [0.1, 0.15) is 56.6 Å². The summed E-state index contributed by atoms with van der Waals surface area (Å²) in [5.41, 5.74) is 0.100. The Bertz CT molecular complexity index is 437. The van der Waals surface area contributed by atoms with Crippen molar-refractivity contribution in [1.82, 2.24) is 20.1 Å². The summed E-state index contributed by atoms with van der Waals surface area (Å²) < 4.78 is 2.27. The highest BCUT2D eigenvalue weighted by Gasteiger charge is 2.31. The maximum absolute atomic E-state index is 9.72. The number of rotatable bonds is 5. The first-order valence-corrected chi connectivity index (χ1v) is 8.06. The number of aliphatic hydroxyl groups is 1. The third-order valence-electron chi connectivity index (χ3n) is 4.97. The Labute approximate surface area is 120 Å². The van der Waals surface area contributed by atoms with Crippen LogP contribution in [0.4, 0.5) is 0 Å². The van der Waals surface area contributed by atoms with Crippen LogP contribution in [0, 0.1) is 5.41 Å². The van der Waals surface area contributed by atoms with E-state index in [1.165, 1.54) is 32.1 Å². The molecule has 0 saturated heterocycles. The Morgan fingerprint density at radius 1 is 1.10 bits per heavy atom. The molecule has 1 aromatic rings. The summed E-state index contributed by atoms with van der Waals surface area (Å²) in [5, 5.41) is 21.8. The van der Waals surface area contributed by atoms with Crippen LogP contribution < -0.4 is 5.32 Å². The first kappa shape index (κ1) is 14.0. The van der Waals surface area contributed by atoms with Gasteiger partial charge in [0.05, 0.1) is 6.54 Å². The molecule has 0 unspecified atom stereocenters. The third kappa shape index (κ3) is 2.88. The fourth-order valence-corrected chi connectivity index (χ4v) is 3.63. The van der Waals surface area contributed by atoms with Gasteiger partial charge in [-0.05, 0) is 25.7 Å². The molecule has 2 N–H and O–H groups in total. The number of nitrogens with one attached hydrogen (secondary N) is 1. The van der Waals surface area contributed by atoms with Crippen LogP contribution in [0.15, 0.2) is 0 Å². The van der Waals surface area contributed by atoms with Gasteiger partial charge in [-0.2, -0.15) is 0 Å². The van der Waals surface area contributed by atoms with Crippen molar-refractivity contribution in [1.29, 1.82) is 0 Å². The van der Waals surface area contributed by atoms with E-state index in [2.05, 4.69) is 20.1 Å². The van der Waals surface area contributed by atoms with Crippen LogP contribution in [-0.2, 0) is 19.5 Å². The Balaban J connectivity index is 1.55. The van der Waals surface area contributed by atoms with Gasteiger partial charge in [0.25, 0.3) is 0 Å². The van der Waals surface area contributed by atoms with Gasteiger partial charge in [-0.3, -0.25) is 0 Å². The molecule has 0 bridgehead atoms. The monoisotopic (exact) mass is 278 g/mol. The molecule has 3 rings (SSSR count). The second kappa shape index (κ2) is 6.22. The number of fused-ring (bicyclic) bond motifs is 1. The van der Waals surface area contributed by atoms with E-state index >= 15 is 0 Å². The summed E-state index contributed by atoms with van der Waals surface area (Å²) in [6.07, 6.45) is 9.65. The van der Waals surface area contributed by atoms with Gasteiger partial charge in [0.1, 0.15) is 11.6 Å². The summed E-state index contributed by atoms with van der Waals surface area (Å²) >= 11 is 0. The summed E-state index contributed by atoms with van der Waals surface area (Å²) in [4.78, 5) is 0. The molecule has 0 atom stereocenters. The molecule has 1 aromatic heterocycles. The smallest absolute Gasteiger partial charge is 0.147 e. The molecule has 5 heteroatoms. The van der Waals surface area contributed by atoms with E-state index in [1.807, 2.05) is 0 Å². The van der Waals surface area contributed by atoms with Crippen LogP contribution in [0.3, 0.4) is 0 Å². The first-order valence-electron chi connectivity index (χ1n) is 8.06. The molecule has 0 spiro atoms. The van der Waals surface area contributed by atoms with Crippen LogP contribution in [-0.4, -0.2) is 33.0 Å². The van der Waals surface area contributed by atoms with Crippen molar-refractivity contribution < 1.29 is 5.11 Å². The van der Waals surface area contributed by atoms with Gasteiger partial charge in [-0.25, -0.2) is 0 Å². The second-order valence-corrected chi connectivity index (χ2v) is 6.46. The van der Waals surface area contributed by atoms with Gasteiger partial charge in [0.15, 0.2) is 0 Å². The normalized spacial score (nSPS) is 21.6. The standard InChI is InChI=1S/C15H26N4O/c20-12-15(7-3-1-4-8-15)11-16-10-14-18-17-13-6-2-5-9-19(13)14/h16,20H,1-12H2. The molecule has 1 aliphatic heterocycles. The van der Waals surface area contributed by atoms with Gasteiger partial charge >= 0.3 is 0 Å². The van der Waals surface area contributed by atoms with Gasteiger partial charge < -0.3 is 15.0 Å². The molecule has 1 aliphatic carbocycles. The summed E-state index contributed by atoms with van der Waals surface area (Å²) in [6.45, 7) is 3.03. The summed E-state index contributed by atoms with van der Waals surface area (Å²) in [5.74, 6) is 2.20. The zero-order chi connectivity index (χ0) is 13.8. The molecule has 0 radical (unpaired) electrons. The molecule has 0 aromatic carbocycles. The van der Waals surface area contributed by atoms with Crippen molar-refractivity contribution in [2.75, 3.05) is 13.2 Å². The molecule has 0 amide bonds. The van der Waals surface area contributed by atoms with Crippen LogP contribution in [0.25, 0.3) is 0 Å². The number of aliphatic hydroxyl groups excluding tert-OH is 1. The quantitative estimate of drug-likeness (QED) is 0.859. The van der Waals surface area contributed by atoms with E-state index < -0.39 is 0 Å². The Hall–Kier alpha value is -0.940. The number of aryl methyl sites for hydroxylation is 1. The Morgan fingerprint density at radius 2 is 1.95 bits per heavy atom. The van der Waals surface area contributed by atoms with Crippen LogP contribution >= 0.6 is 0 Å². The minimum atomic E-state index is 0.100. The zero-order valence-corrected chi connectivity index (χ0v) is 12.3. The van der Waals surface area contributed by atoms with E-state index in [9.17, 15) is 5.11 Å². The van der Waals surface area contributed by atoms with Crippen molar-refractivity contribution >= 4 is 0 Å². The lowest BCUT2D eigenvalue weighted by Crippen LogP contribution is -2.39. The average molecular weight is 278 g/mol. The number of aromatic nitrogens is 3. The molecular formula is C15H26N4O. The maximum atomic E-state index is 9.72. The molecule has 2 aliphatic rings. The Kier molecular flexibility index (Phi) is 4.36. The lowest BCUT2D eigenvalue weighted by atomic mass is 9.74. The van der Waals surface area contributed by atoms with Gasteiger partial charge in [0.2, 0.25) is 0 Å². The zero-order valence-electron chi connectivity index (χ0n) is 12.3. The number of nitrogens with zero attached hydrogens (tertiary/aromatic N) is 3. The fraction of sp³-hybridized carbons (Fsp3) is 0.867. The van der Waals surface area contributed by atoms with E-state index in [0.29, 0.717) is 6.61 Å². The molecule has 20 heavy (non-hydrogen) atoms. The average Bonchev–Trinajstić information content (AvgIpc) is 2.92. The lowest BCUT2D eigenvalue weighted by Gasteiger charge is -2.35. The first-order chi connectivity index (χ1) is 9.83. The molecule has 5 nitrogen and oxygen atoms in total. The van der Waals surface area contributed by atoms with Crippen LogP contribution in [0.5, 0.6) is 0 Å². The van der Waals surface area contributed by atoms with E-state index in [-0.39, 0.29) is 5.41 Å². The number of hydrogen-bond donors (Lipinski definition) is 2. The van der Waals surface area contributed by atoms with Crippen molar-refractivity contribution in [2.45, 2.75) is 64.5 Å². The minimum Gasteiger partial charge on any atom is -0.396 e. The van der Waals surface area contributed by atoms with Crippen LogP contribution in [0.2, 0.25) is 0 Å². The SMILES string of the molecule is OCC1(CNCc2nnc3n2CCCC3)CCCCC1. The molecule has 2 heterocycles. The highest BCUT2D eigenvalue weighted by atomic mass is 16.3. The Morgan fingerprint density at radius 3 is 2.75 bits per heavy atom. The van der Waals surface area contributed by atoms with Gasteiger partial charge in [0, 0.05) is 31.5 Å². The predicted octanol–water partition coefficient (Wildman–Crippen LogP) is 1.65. The molecular weight excluding hydrogens is 252 g/mol. The highest BCUT2D eigenvalue weighted by molar-refractivity contribution is 4.99. The van der Waals surface area contributed by atoms with Crippen molar-refractivity contribution in [2.24, 2.45) is 5.41 Å². The van der Waals surface area contributed by atoms with Crippen molar-refractivity contribution in [3.05, 3.63) is 11.6 Å². The highest BCUT2D eigenvalue weighted by Crippen LogP contribution is 2.35. The number of hydrogen-bond acceptors (Lipinski definition) is 4. The maximum Gasteiger partial charge on any atom is 0.147 e. The van der Waals surface area contributed by atoms with Gasteiger partial charge in [-0.1, -0.05) is 19.3 Å². The van der Waals surface area contributed by atoms with E-state index in [1.54, 1.807) is 0 Å². The summed E-state index contributed by atoms with van der Waals surface area (Å²) in [7, 11) is 0. The van der Waals surface area contributed by atoms with Crippen molar-refractivity contribution in [3.63, 3.8) is 0 Å². The van der Waals surface area contributed by atoms with E-state index in [4.69, 9.17) is 0 Å². The van der Waals surface area contributed by atoms with E-state index in [0.717, 1.165) is 50.5 Å². The third-order valence-corrected chi connectivity index (χ3v) is 4.97. The largest absolute Gasteiger partial charge is 0.396 e. The summed E-state index contributed by atoms with van der Waals surface area (Å²) in [6, 6.07) is 0. The van der Waals surface area contributed by atoms with Gasteiger partial charge in [-0.15, -0.1) is 10.2 Å². The second-order valence-electron chi connectivity index (χ2n) is 6.46. The fourth-order valence-electron chi connectivity index (χ4n) is 3.63. The minimum absolute atomic E-state index is 0.100. The topological polar surface area (TPSA) is 63.0 Å². The molecule has 1 saturated carbocycles. The van der Waals surface area contributed by atoms with Crippen molar-refractivity contribution in [3.8, 4) is 0 Å². The predicted molar refractivity (Wildman–Crippen MR) is 77.3 cm³/mol.